The Balaban J connectivity index is 1.66. The van der Waals surface area contributed by atoms with Gasteiger partial charge in [-0.05, 0) is 46.9 Å². The van der Waals surface area contributed by atoms with Gasteiger partial charge in [0, 0.05) is 10.9 Å². The van der Waals surface area contributed by atoms with Crippen molar-refractivity contribution in [1.82, 2.24) is 0 Å². The van der Waals surface area contributed by atoms with Crippen LogP contribution >= 0.6 is 11.6 Å². The van der Waals surface area contributed by atoms with Crippen molar-refractivity contribution in [3.05, 3.63) is 99.6 Å². The molecule has 3 aromatic rings. The van der Waals surface area contributed by atoms with Crippen LogP contribution in [-0.2, 0) is 19.8 Å². The van der Waals surface area contributed by atoms with Crippen LogP contribution in [0.15, 0.2) is 66.7 Å². The summed E-state index contributed by atoms with van der Waals surface area (Å²) in [6, 6.07) is 20.6. The highest BCUT2D eigenvalue weighted by molar-refractivity contribution is 6.31. The third-order valence-corrected chi connectivity index (χ3v) is 7.52. The number of aldehydes is 1. The van der Waals surface area contributed by atoms with E-state index in [0.29, 0.717) is 10.7 Å². The third-order valence-electron chi connectivity index (χ3n) is 7.28. The molecule has 0 spiro atoms. The minimum atomic E-state index is -1.18. The summed E-state index contributed by atoms with van der Waals surface area (Å²) in [7, 11) is 0. The van der Waals surface area contributed by atoms with Crippen LogP contribution in [0.1, 0.15) is 33.7 Å². The summed E-state index contributed by atoms with van der Waals surface area (Å²) < 4.78 is 0. The molecule has 31 heavy (non-hydrogen) atoms. The SMILES string of the molecule is Cc1ccc(Cl)cc1N1C(=O)[C@@H]2[C@@H](C1=O)C1c3ccccc3C2(C=O)c2ccccc21. The Labute approximate surface area is 184 Å². The fraction of sp³-hybridized carbons (Fsp3) is 0.192. The van der Waals surface area contributed by atoms with E-state index >= 15 is 0 Å². The van der Waals surface area contributed by atoms with E-state index in [1.807, 2.05) is 55.5 Å². The predicted molar refractivity (Wildman–Crippen MR) is 117 cm³/mol. The number of benzene rings is 3. The molecule has 152 valence electrons. The number of carbonyl (C=O) groups is 3. The van der Waals surface area contributed by atoms with Crippen molar-refractivity contribution < 1.29 is 14.4 Å². The summed E-state index contributed by atoms with van der Waals surface area (Å²) in [6.45, 7) is 1.85. The predicted octanol–water partition coefficient (Wildman–Crippen LogP) is 4.40. The van der Waals surface area contributed by atoms with Crippen LogP contribution in [0, 0.1) is 18.8 Å². The molecule has 3 aliphatic carbocycles. The van der Waals surface area contributed by atoms with Crippen LogP contribution in [0.5, 0.6) is 0 Å². The van der Waals surface area contributed by atoms with Crippen LogP contribution in [0.25, 0.3) is 0 Å². The maximum atomic E-state index is 13.9. The van der Waals surface area contributed by atoms with Gasteiger partial charge in [-0.25, -0.2) is 4.90 Å². The summed E-state index contributed by atoms with van der Waals surface area (Å²) in [4.78, 5) is 41.9. The molecule has 0 unspecified atom stereocenters. The molecular formula is C26H18ClNO3. The number of imide groups is 1. The Kier molecular flexibility index (Phi) is 3.67. The zero-order valence-corrected chi connectivity index (χ0v) is 17.5. The van der Waals surface area contributed by atoms with Crippen molar-refractivity contribution in [3.8, 4) is 0 Å². The Bertz CT molecular complexity index is 1270. The van der Waals surface area contributed by atoms with E-state index in [1.54, 1.807) is 18.2 Å². The average molecular weight is 428 g/mol. The van der Waals surface area contributed by atoms with Gasteiger partial charge in [0.05, 0.1) is 22.9 Å². The molecule has 0 aromatic heterocycles. The number of rotatable bonds is 2. The minimum absolute atomic E-state index is 0.263. The highest BCUT2D eigenvalue weighted by Gasteiger charge is 2.68. The summed E-state index contributed by atoms with van der Waals surface area (Å²) in [5, 5.41) is 0.454. The lowest BCUT2D eigenvalue weighted by atomic mass is 9.48. The van der Waals surface area contributed by atoms with Gasteiger partial charge in [0.15, 0.2) is 0 Å². The van der Waals surface area contributed by atoms with E-state index in [0.717, 1.165) is 34.1 Å². The number of carbonyl (C=O) groups excluding carboxylic acids is 3. The second-order valence-corrected chi connectivity index (χ2v) is 9.02. The molecule has 3 aromatic carbocycles. The normalized spacial score (nSPS) is 27.7. The standard InChI is InChI=1S/C26H18ClNO3/c1-14-10-11-15(27)12-20(14)28-24(30)22-21-16-6-2-4-8-18(16)26(13-29,23(22)25(28)31)19-9-5-3-7-17(19)21/h2-13,21-23H,1H3/t21?,22-,23-,26?/m0/s1. The van der Waals surface area contributed by atoms with Crippen molar-refractivity contribution in [1.29, 1.82) is 0 Å². The zero-order chi connectivity index (χ0) is 21.5. The fourth-order valence-corrected chi connectivity index (χ4v) is 6.26. The Morgan fingerprint density at radius 1 is 0.903 bits per heavy atom. The van der Waals surface area contributed by atoms with Gasteiger partial charge in [-0.2, -0.15) is 0 Å². The first-order valence-electron chi connectivity index (χ1n) is 10.3. The summed E-state index contributed by atoms with van der Waals surface area (Å²) in [5.74, 6) is -2.26. The molecule has 5 heteroatoms. The van der Waals surface area contributed by atoms with Crippen LogP contribution < -0.4 is 4.90 Å². The number of hydrogen-bond donors (Lipinski definition) is 0. The summed E-state index contributed by atoms with van der Waals surface area (Å²) >= 11 is 6.21. The first kappa shape index (κ1) is 18.5. The molecule has 4 nitrogen and oxygen atoms in total. The van der Waals surface area contributed by atoms with E-state index in [9.17, 15) is 14.4 Å². The number of halogens is 1. The van der Waals surface area contributed by atoms with Crippen molar-refractivity contribution in [3.63, 3.8) is 0 Å². The molecule has 0 radical (unpaired) electrons. The lowest BCUT2D eigenvalue weighted by molar-refractivity contribution is -0.128. The summed E-state index contributed by atoms with van der Waals surface area (Å²) in [5.41, 5.74) is 3.68. The quantitative estimate of drug-likeness (QED) is 0.450. The van der Waals surface area contributed by atoms with Gasteiger partial charge in [-0.1, -0.05) is 66.2 Å². The van der Waals surface area contributed by atoms with Crippen molar-refractivity contribution >= 4 is 35.4 Å². The second kappa shape index (κ2) is 6.14. The minimum Gasteiger partial charge on any atom is -0.302 e. The van der Waals surface area contributed by atoms with Gasteiger partial charge < -0.3 is 4.79 Å². The topological polar surface area (TPSA) is 54.5 Å². The van der Waals surface area contributed by atoms with Gasteiger partial charge in [-0.3, -0.25) is 9.59 Å². The van der Waals surface area contributed by atoms with Crippen molar-refractivity contribution in [2.24, 2.45) is 11.8 Å². The van der Waals surface area contributed by atoms with E-state index in [2.05, 4.69) is 0 Å². The number of amides is 2. The first-order valence-corrected chi connectivity index (χ1v) is 10.7. The van der Waals surface area contributed by atoms with Gasteiger partial charge in [-0.15, -0.1) is 0 Å². The lowest BCUT2D eigenvalue weighted by Crippen LogP contribution is -2.54. The van der Waals surface area contributed by atoms with E-state index in [4.69, 9.17) is 11.6 Å². The molecule has 2 amide bonds. The number of anilines is 1. The van der Waals surface area contributed by atoms with Crippen LogP contribution in [0.3, 0.4) is 0 Å². The van der Waals surface area contributed by atoms with E-state index in [-0.39, 0.29) is 17.7 Å². The van der Waals surface area contributed by atoms with E-state index < -0.39 is 17.3 Å². The monoisotopic (exact) mass is 427 g/mol. The molecule has 0 saturated carbocycles. The summed E-state index contributed by atoms with van der Waals surface area (Å²) in [6.07, 6.45) is 0.886. The highest BCUT2D eigenvalue weighted by Crippen LogP contribution is 2.63. The first-order chi connectivity index (χ1) is 15.0. The fourth-order valence-electron chi connectivity index (χ4n) is 6.09. The third kappa shape index (κ3) is 2.08. The van der Waals surface area contributed by atoms with Crippen molar-refractivity contribution in [2.45, 2.75) is 18.3 Å². The molecule has 1 saturated heterocycles. The van der Waals surface area contributed by atoms with Gasteiger partial charge >= 0.3 is 0 Å². The molecule has 1 aliphatic heterocycles. The van der Waals surface area contributed by atoms with Crippen LogP contribution in [0.2, 0.25) is 5.02 Å². The number of nitrogens with zero attached hydrogens (tertiary/aromatic N) is 1. The van der Waals surface area contributed by atoms with Crippen LogP contribution in [-0.4, -0.2) is 18.1 Å². The number of aryl methyl sites for hydroxylation is 1. The van der Waals surface area contributed by atoms with Gasteiger partial charge in [0.2, 0.25) is 11.8 Å². The molecule has 7 rings (SSSR count). The molecule has 4 aliphatic rings. The smallest absolute Gasteiger partial charge is 0.239 e. The van der Waals surface area contributed by atoms with Crippen molar-refractivity contribution in [2.75, 3.05) is 4.90 Å². The van der Waals surface area contributed by atoms with Crippen LogP contribution in [0.4, 0.5) is 5.69 Å². The Hall–Kier alpha value is -3.24. The molecule has 2 atom stereocenters. The largest absolute Gasteiger partial charge is 0.302 e. The molecular weight excluding hydrogens is 410 g/mol. The lowest BCUT2D eigenvalue weighted by Gasteiger charge is -2.51. The second-order valence-electron chi connectivity index (χ2n) is 8.59. The zero-order valence-electron chi connectivity index (χ0n) is 16.7. The maximum absolute atomic E-state index is 13.9. The highest BCUT2D eigenvalue weighted by atomic mass is 35.5. The average Bonchev–Trinajstić information content (AvgIpc) is 3.06. The van der Waals surface area contributed by atoms with Gasteiger partial charge in [0.25, 0.3) is 0 Å². The molecule has 2 bridgehead atoms. The number of hydrogen-bond acceptors (Lipinski definition) is 3. The Morgan fingerprint density at radius 2 is 1.52 bits per heavy atom. The Morgan fingerprint density at radius 3 is 2.13 bits per heavy atom. The molecule has 0 N–H and O–H groups in total. The van der Waals surface area contributed by atoms with E-state index in [1.165, 1.54) is 4.90 Å². The molecule has 1 heterocycles. The molecule has 1 fully saturated rings. The maximum Gasteiger partial charge on any atom is 0.239 e. The van der Waals surface area contributed by atoms with Gasteiger partial charge in [0.1, 0.15) is 6.29 Å².